The van der Waals surface area contributed by atoms with Crippen molar-refractivity contribution in [2.45, 2.75) is 0 Å². The van der Waals surface area contributed by atoms with Crippen molar-refractivity contribution in [1.82, 2.24) is 20.3 Å². The van der Waals surface area contributed by atoms with Crippen molar-refractivity contribution >= 4 is 29.4 Å². The minimum Gasteiger partial charge on any atom is -0.438 e. The van der Waals surface area contributed by atoms with Gasteiger partial charge in [0.2, 0.25) is 5.88 Å². The Kier molecular flexibility index (Phi) is 4.93. The Bertz CT molecular complexity index is 845. The van der Waals surface area contributed by atoms with Gasteiger partial charge in [0.1, 0.15) is 15.6 Å². The molecule has 120 valence electrons. The van der Waals surface area contributed by atoms with E-state index in [-0.39, 0.29) is 5.91 Å². The van der Waals surface area contributed by atoms with E-state index >= 15 is 0 Å². The first-order chi connectivity index (χ1) is 11.7. The standard InChI is InChI=1S/C17H14N4O2S/c1-18-17(22)14-10-21-16(24-14)7-4-12-2-5-13(6-3-12)23-15-11-19-8-9-20-15/h2-11H,1H3,(H,18,22)/b7-4+. The van der Waals surface area contributed by atoms with E-state index < -0.39 is 0 Å². The van der Waals surface area contributed by atoms with E-state index in [0.717, 1.165) is 10.6 Å². The molecule has 2 heterocycles. The smallest absolute Gasteiger partial charge is 0.262 e. The van der Waals surface area contributed by atoms with Gasteiger partial charge in [-0.15, -0.1) is 11.3 Å². The molecule has 7 heteroatoms. The van der Waals surface area contributed by atoms with Crippen LogP contribution in [0, 0.1) is 0 Å². The molecule has 0 aliphatic heterocycles. The average Bonchev–Trinajstić information content (AvgIpc) is 3.10. The monoisotopic (exact) mass is 338 g/mol. The minimum atomic E-state index is -0.127. The average molecular weight is 338 g/mol. The van der Waals surface area contributed by atoms with Crippen molar-refractivity contribution in [2.75, 3.05) is 7.05 Å². The lowest BCUT2D eigenvalue weighted by atomic mass is 10.2. The molecular weight excluding hydrogens is 324 g/mol. The first-order valence-electron chi connectivity index (χ1n) is 7.14. The van der Waals surface area contributed by atoms with Crippen molar-refractivity contribution in [2.24, 2.45) is 0 Å². The Morgan fingerprint density at radius 3 is 2.67 bits per heavy atom. The summed E-state index contributed by atoms with van der Waals surface area (Å²) in [5.74, 6) is 1.01. The van der Waals surface area contributed by atoms with Crippen LogP contribution in [0.5, 0.6) is 11.6 Å². The summed E-state index contributed by atoms with van der Waals surface area (Å²) in [6.45, 7) is 0. The second kappa shape index (κ2) is 7.47. The van der Waals surface area contributed by atoms with Crippen LogP contribution in [0.2, 0.25) is 0 Å². The number of aromatic nitrogens is 3. The van der Waals surface area contributed by atoms with Crippen LogP contribution in [0.3, 0.4) is 0 Å². The predicted octanol–water partition coefficient (Wildman–Crippen LogP) is 3.26. The zero-order chi connectivity index (χ0) is 16.8. The highest BCUT2D eigenvalue weighted by Crippen LogP contribution is 2.20. The molecule has 1 amide bonds. The van der Waals surface area contributed by atoms with Crippen LogP contribution in [0.25, 0.3) is 12.2 Å². The van der Waals surface area contributed by atoms with Crippen LogP contribution in [0.15, 0.2) is 49.1 Å². The second-order valence-electron chi connectivity index (χ2n) is 4.69. The van der Waals surface area contributed by atoms with Crippen LogP contribution in [0.1, 0.15) is 20.2 Å². The van der Waals surface area contributed by atoms with Crippen LogP contribution in [-0.2, 0) is 0 Å². The fraction of sp³-hybridized carbons (Fsp3) is 0.0588. The second-order valence-corrected chi connectivity index (χ2v) is 5.75. The Balaban J connectivity index is 1.65. The number of nitrogens with zero attached hydrogens (tertiary/aromatic N) is 3. The predicted molar refractivity (Wildman–Crippen MR) is 93.0 cm³/mol. The number of amides is 1. The van der Waals surface area contributed by atoms with Crippen molar-refractivity contribution in [3.05, 3.63) is 64.5 Å². The molecule has 0 radical (unpaired) electrons. The number of carbonyl (C=O) groups is 1. The molecule has 0 spiro atoms. The van der Waals surface area contributed by atoms with Gasteiger partial charge < -0.3 is 10.1 Å². The minimum absolute atomic E-state index is 0.127. The number of rotatable bonds is 5. The normalized spacial score (nSPS) is 10.7. The largest absolute Gasteiger partial charge is 0.438 e. The summed E-state index contributed by atoms with van der Waals surface area (Å²) >= 11 is 1.34. The van der Waals surface area contributed by atoms with Crippen LogP contribution in [-0.4, -0.2) is 27.9 Å². The third-order valence-electron chi connectivity index (χ3n) is 3.03. The van der Waals surface area contributed by atoms with E-state index in [4.69, 9.17) is 4.74 Å². The third-order valence-corrected chi connectivity index (χ3v) is 4.00. The number of carbonyl (C=O) groups excluding carboxylic acids is 1. The maximum Gasteiger partial charge on any atom is 0.262 e. The lowest BCUT2D eigenvalue weighted by Crippen LogP contribution is -2.16. The van der Waals surface area contributed by atoms with Crippen molar-refractivity contribution < 1.29 is 9.53 Å². The molecule has 0 aliphatic carbocycles. The van der Waals surface area contributed by atoms with Crippen LogP contribution in [0.4, 0.5) is 0 Å². The van der Waals surface area contributed by atoms with Gasteiger partial charge in [-0.25, -0.2) is 9.97 Å². The van der Waals surface area contributed by atoms with Crippen molar-refractivity contribution in [3.63, 3.8) is 0 Å². The van der Waals surface area contributed by atoms with E-state index in [2.05, 4.69) is 20.3 Å². The van der Waals surface area contributed by atoms with Crippen molar-refractivity contribution in [3.8, 4) is 11.6 Å². The number of thiazole rings is 1. The highest BCUT2D eigenvalue weighted by Gasteiger charge is 2.06. The van der Waals surface area contributed by atoms with Gasteiger partial charge in [0.15, 0.2) is 0 Å². The number of ether oxygens (including phenoxy) is 1. The van der Waals surface area contributed by atoms with E-state index in [1.165, 1.54) is 11.3 Å². The van der Waals surface area contributed by atoms with Crippen LogP contribution >= 0.6 is 11.3 Å². The van der Waals surface area contributed by atoms with Crippen LogP contribution < -0.4 is 10.1 Å². The summed E-state index contributed by atoms with van der Waals surface area (Å²) in [5, 5.41) is 3.35. The summed E-state index contributed by atoms with van der Waals surface area (Å²) in [5.41, 5.74) is 0.998. The highest BCUT2D eigenvalue weighted by molar-refractivity contribution is 7.14. The third kappa shape index (κ3) is 4.02. The summed E-state index contributed by atoms with van der Waals surface area (Å²) in [6, 6.07) is 7.56. The summed E-state index contributed by atoms with van der Waals surface area (Å²) in [6.07, 6.45) is 10.1. The zero-order valence-electron chi connectivity index (χ0n) is 12.8. The molecule has 1 N–H and O–H groups in total. The SMILES string of the molecule is CNC(=O)c1cnc(/C=C/c2ccc(Oc3cnccn3)cc2)s1. The van der Waals surface area contributed by atoms with E-state index in [1.807, 2.05) is 36.4 Å². The van der Waals surface area contributed by atoms with Gasteiger partial charge in [0, 0.05) is 19.4 Å². The lowest BCUT2D eigenvalue weighted by molar-refractivity contribution is 0.0967. The zero-order valence-corrected chi connectivity index (χ0v) is 13.7. The molecule has 1 aromatic carbocycles. The first-order valence-corrected chi connectivity index (χ1v) is 7.96. The summed E-state index contributed by atoms with van der Waals surface area (Å²) < 4.78 is 5.59. The van der Waals surface area contributed by atoms with Gasteiger partial charge in [0.25, 0.3) is 5.91 Å². The molecule has 0 atom stereocenters. The maximum atomic E-state index is 11.5. The number of benzene rings is 1. The topological polar surface area (TPSA) is 77.0 Å². The van der Waals surface area contributed by atoms with Gasteiger partial charge in [-0.05, 0) is 23.8 Å². The fourth-order valence-electron chi connectivity index (χ4n) is 1.87. The number of nitrogens with one attached hydrogen (secondary N) is 1. The van der Waals surface area contributed by atoms with Gasteiger partial charge in [-0.2, -0.15) is 0 Å². The Morgan fingerprint density at radius 1 is 1.12 bits per heavy atom. The highest BCUT2D eigenvalue weighted by atomic mass is 32.1. The molecule has 2 aromatic heterocycles. The molecule has 6 nitrogen and oxygen atoms in total. The van der Waals surface area contributed by atoms with Gasteiger partial charge in [-0.1, -0.05) is 18.2 Å². The van der Waals surface area contributed by atoms with E-state index in [1.54, 1.807) is 31.8 Å². The van der Waals surface area contributed by atoms with Gasteiger partial charge in [0.05, 0.1) is 12.4 Å². The molecule has 24 heavy (non-hydrogen) atoms. The molecule has 0 saturated carbocycles. The molecule has 0 saturated heterocycles. The summed E-state index contributed by atoms with van der Waals surface area (Å²) in [4.78, 5) is 24.3. The molecule has 0 unspecified atom stereocenters. The maximum absolute atomic E-state index is 11.5. The van der Waals surface area contributed by atoms with E-state index in [0.29, 0.717) is 16.5 Å². The number of hydrogen-bond donors (Lipinski definition) is 1. The molecule has 0 fully saturated rings. The lowest BCUT2D eigenvalue weighted by Gasteiger charge is -2.03. The Hall–Kier alpha value is -3.06. The van der Waals surface area contributed by atoms with E-state index in [9.17, 15) is 4.79 Å². The molecule has 0 aliphatic rings. The Labute approximate surface area is 142 Å². The molecular formula is C17H14N4O2S. The quantitative estimate of drug-likeness (QED) is 0.773. The Morgan fingerprint density at radius 2 is 1.96 bits per heavy atom. The first kappa shape index (κ1) is 15.8. The fourth-order valence-corrected chi connectivity index (χ4v) is 2.63. The summed E-state index contributed by atoms with van der Waals surface area (Å²) in [7, 11) is 1.60. The number of hydrogen-bond acceptors (Lipinski definition) is 6. The molecule has 3 rings (SSSR count). The van der Waals surface area contributed by atoms with Crippen molar-refractivity contribution in [1.29, 1.82) is 0 Å². The molecule has 3 aromatic rings. The van der Waals surface area contributed by atoms with Gasteiger partial charge in [-0.3, -0.25) is 9.78 Å². The van der Waals surface area contributed by atoms with Gasteiger partial charge >= 0.3 is 0 Å². The molecule has 0 bridgehead atoms.